The van der Waals surface area contributed by atoms with Crippen LogP contribution in [-0.4, -0.2) is 45.6 Å². The van der Waals surface area contributed by atoms with E-state index in [1.54, 1.807) is 21.4 Å². The third-order valence-corrected chi connectivity index (χ3v) is 5.94. The first-order valence-corrected chi connectivity index (χ1v) is 10.6. The van der Waals surface area contributed by atoms with Crippen molar-refractivity contribution in [1.82, 2.24) is 14.3 Å². The van der Waals surface area contributed by atoms with Gasteiger partial charge in [-0.2, -0.15) is 5.10 Å². The topological polar surface area (TPSA) is 66.5 Å². The van der Waals surface area contributed by atoms with Gasteiger partial charge < -0.3 is 14.9 Å². The smallest absolute Gasteiger partial charge is 0.350 e. The monoisotopic (exact) mass is 407 g/mol. The Bertz CT molecular complexity index is 1040. The second kappa shape index (κ2) is 8.26. The summed E-state index contributed by atoms with van der Waals surface area (Å²) in [5.74, 6) is 0.997. The molecule has 1 aliphatic rings. The Kier molecular flexibility index (Phi) is 5.53. The molecule has 1 aromatic heterocycles. The van der Waals surface area contributed by atoms with Crippen LogP contribution in [-0.2, 0) is 0 Å². The lowest BCUT2D eigenvalue weighted by Gasteiger charge is -2.37. The van der Waals surface area contributed by atoms with Crippen LogP contribution in [0.25, 0.3) is 5.69 Å². The minimum Gasteiger partial charge on any atom is -0.508 e. The van der Waals surface area contributed by atoms with Crippen LogP contribution in [0.2, 0.25) is 0 Å². The van der Waals surface area contributed by atoms with Gasteiger partial charge in [-0.15, -0.1) is 0 Å². The van der Waals surface area contributed by atoms with Crippen molar-refractivity contribution < 1.29 is 5.11 Å². The number of piperazine rings is 1. The number of aromatic hydroxyl groups is 1. The number of aromatic nitrogens is 3. The summed E-state index contributed by atoms with van der Waals surface area (Å²) in [4.78, 5) is 17.5. The highest BCUT2D eigenvalue weighted by Crippen LogP contribution is 2.23. The third kappa shape index (κ3) is 3.79. The van der Waals surface area contributed by atoms with E-state index in [4.69, 9.17) is 0 Å². The van der Waals surface area contributed by atoms with Gasteiger partial charge in [-0.1, -0.05) is 6.92 Å². The highest BCUT2D eigenvalue weighted by atomic mass is 16.3. The summed E-state index contributed by atoms with van der Waals surface area (Å²) in [5, 5.41) is 13.9. The van der Waals surface area contributed by atoms with E-state index >= 15 is 0 Å². The van der Waals surface area contributed by atoms with Gasteiger partial charge in [0.25, 0.3) is 0 Å². The van der Waals surface area contributed by atoms with Crippen LogP contribution in [0, 0.1) is 6.92 Å². The zero-order valence-corrected chi connectivity index (χ0v) is 17.8. The Morgan fingerprint density at radius 3 is 1.87 bits per heavy atom. The van der Waals surface area contributed by atoms with Crippen LogP contribution in [0.5, 0.6) is 5.75 Å². The Balaban J connectivity index is 1.47. The van der Waals surface area contributed by atoms with Crippen molar-refractivity contribution in [2.45, 2.75) is 33.2 Å². The summed E-state index contributed by atoms with van der Waals surface area (Å²) in [7, 11) is 0. The van der Waals surface area contributed by atoms with Crippen LogP contribution in [0.4, 0.5) is 11.4 Å². The average Bonchev–Trinajstić information content (AvgIpc) is 3.08. The van der Waals surface area contributed by atoms with Crippen LogP contribution in [0.1, 0.15) is 32.1 Å². The van der Waals surface area contributed by atoms with Crippen molar-refractivity contribution in [3.05, 3.63) is 64.8 Å². The predicted molar refractivity (Wildman–Crippen MR) is 120 cm³/mol. The van der Waals surface area contributed by atoms with E-state index in [1.807, 2.05) is 38.1 Å². The Morgan fingerprint density at radius 2 is 1.37 bits per heavy atom. The maximum Gasteiger partial charge on any atom is 0.350 e. The lowest BCUT2D eigenvalue weighted by Crippen LogP contribution is -2.46. The summed E-state index contributed by atoms with van der Waals surface area (Å²) in [6, 6.07) is 15.6. The molecule has 0 bridgehead atoms. The van der Waals surface area contributed by atoms with E-state index in [2.05, 4.69) is 34.0 Å². The number of nitrogens with zero attached hydrogens (tertiary/aromatic N) is 5. The number of aryl methyl sites for hydroxylation is 1. The van der Waals surface area contributed by atoms with Crippen molar-refractivity contribution in [1.29, 1.82) is 0 Å². The molecule has 1 saturated heterocycles. The lowest BCUT2D eigenvalue weighted by molar-refractivity contribution is 0.459. The van der Waals surface area contributed by atoms with Crippen LogP contribution < -0.4 is 15.5 Å². The molecule has 0 saturated carbocycles. The summed E-state index contributed by atoms with van der Waals surface area (Å²) in [5.41, 5.74) is 3.05. The molecule has 30 heavy (non-hydrogen) atoms. The van der Waals surface area contributed by atoms with Gasteiger partial charge in [0.15, 0.2) is 0 Å². The standard InChI is InChI=1S/C23H29N5O2/c1-4-17(2)28-23(30)27(18(3)24-28)21-7-5-19(6-8-21)25-13-15-26(16-14-25)20-9-11-22(29)12-10-20/h5-12,17,29H,4,13-16H2,1-3H3. The number of anilines is 2. The molecule has 2 heterocycles. The summed E-state index contributed by atoms with van der Waals surface area (Å²) >= 11 is 0. The van der Waals surface area contributed by atoms with Crippen LogP contribution in [0.15, 0.2) is 53.3 Å². The molecule has 1 unspecified atom stereocenters. The highest BCUT2D eigenvalue weighted by Gasteiger charge is 2.19. The minimum absolute atomic E-state index is 0.0848. The third-order valence-electron chi connectivity index (χ3n) is 5.94. The molecule has 1 fully saturated rings. The molecule has 0 amide bonds. The molecule has 1 aliphatic heterocycles. The maximum absolute atomic E-state index is 12.8. The van der Waals surface area contributed by atoms with Crippen molar-refractivity contribution in [3.8, 4) is 11.4 Å². The number of hydrogen-bond acceptors (Lipinski definition) is 5. The van der Waals surface area contributed by atoms with E-state index in [0.717, 1.165) is 49.7 Å². The minimum atomic E-state index is -0.0860. The zero-order valence-electron chi connectivity index (χ0n) is 17.8. The van der Waals surface area contributed by atoms with E-state index < -0.39 is 0 Å². The second-order valence-electron chi connectivity index (χ2n) is 7.87. The quantitative estimate of drug-likeness (QED) is 0.703. The molecule has 0 radical (unpaired) electrons. The molecular weight excluding hydrogens is 378 g/mol. The lowest BCUT2D eigenvalue weighted by atomic mass is 10.2. The average molecular weight is 408 g/mol. The molecule has 0 spiro atoms. The molecule has 2 aromatic carbocycles. The van der Waals surface area contributed by atoms with Gasteiger partial charge in [-0.05, 0) is 68.8 Å². The molecule has 1 atom stereocenters. The maximum atomic E-state index is 12.8. The van der Waals surface area contributed by atoms with E-state index in [-0.39, 0.29) is 11.7 Å². The fourth-order valence-electron chi connectivity index (χ4n) is 3.94. The number of benzene rings is 2. The Morgan fingerprint density at radius 1 is 0.900 bits per heavy atom. The first-order chi connectivity index (χ1) is 14.5. The molecule has 1 N–H and O–H groups in total. The van der Waals surface area contributed by atoms with Crippen LogP contribution in [0.3, 0.4) is 0 Å². The van der Waals surface area contributed by atoms with Gasteiger partial charge >= 0.3 is 5.69 Å². The van der Waals surface area contributed by atoms with E-state index in [0.29, 0.717) is 11.6 Å². The molecule has 3 aromatic rings. The van der Waals surface area contributed by atoms with Crippen molar-refractivity contribution in [2.75, 3.05) is 36.0 Å². The van der Waals surface area contributed by atoms with Gasteiger partial charge in [-0.3, -0.25) is 0 Å². The number of phenolic OH excluding ortho intramolecular Hbond substituents is 1. The first kappa shape index (κ1) is 20.1. The van der Waals surface area contributed by atoms with Gasteiger partial charge in [0.2, 0.25) is 0 Å². The van der Waals surface area contributed by atoms with Gasteiger partial charge in [-0.25, -0.2) is 14.0 Å². The largest absolute Gasteiger partial charge is 0.508 e. The van der Waals surface area contributed by atoms with Crippen molar-refractivity contribution in [2.24, 2.45) is 0 Å². The highest BCUT2D eigenvalue weighted by molar-refractivity contribution is 5.54. The molecular formula is C23H29N5O2. The SMILES string of the molecule is CCC(C)n1nc(C)n(-c2ccc(N3CCN(c4ccc(O)cc4)CC3)cc2)c1=O. The normalized spacial score (nSPS) is 15.4. The summed E-state index contributed by atoms with van der Waals surface area (Å²) in [6.07, 6.45) is 0.866. The first-order valence-electron chi connectivity index (χ1n) is 10.6. The van der Waals surface area contributed by atoms with Crippen molar-refractivity contribution >= 4 is 11.4 Å². The number of phenols is 1. The predicted octanol–water partition coefficient (Wildman–Crippen LogP) is 3.35. The second-order valence-corrected chi connectivity index (χ2v) is 7.87. The molecule has 4 rings (SSSR count). The van der Waals surface area contributed by atoms with Gasteiger partial charge in [0.05, 0.1) is 11.7 Å². The molecule has 7 heteroatoms. The Hall–Kier alpha value is -3.22. The van der Waals surface area contributed by atoms with Gasteiger partial charge in [0, 0.05) is 37.6 Å². The summed E-state index contributed by atoms with van der Waals surface area (Å²) < 4.78 is 3.25. The number of rotatable bonds is 5. The van der Waals surface area contributed by atoms with Gasteiger partial charge in [0.1, 0.15) is 11.6 Å². The molecule has 158 valence electrons. The zero-order chi connectivity index (χ0) is 21.3. The Labute approximate surface area is 176 Å². The van der Waals surface area contributed by atoms with E-state index in [9.17, 15) is 9.90 Å². The van der Waals surface area contributed by atoms with Crippen molar-refractivity contribution in [3.63, 3.8) is 0 Å². The summed E-state index contributed by atoms with van der Waals surface area (Å²) in [6.45, 7) is 9.63. The molecule has 0 aliphatic carbocycles. The van der Waals surface area contributed by atoms with Crippen LogP contribution >= 0.6 is 0 Å². The van der Waals surface area contributed by atoms with E-state index in [1.165, 1.54) is 0 Å². The fourth-order valence-corrected chi connectivity index (χ4v) is 3.94. The number of hydrogen-bond donors (Lipinski definition) is 1. The fraction of sp³-hybridized carbons (Fsp3) is 0.391. The molecule has 7 nitrogen and oxygen atoms in total.